The van der Waals surface area contributed by atoms with Crippen LogP contribution in [0.1, 0.15) is 24.0 Å². The molecule has 1 atom stereocenters. The van der Waals surface area contributed by atoms with Gasteiger partial charge in [-0.15, -0.1) is 0 Å². The Hall–Kier alpha value is -0.420. The van der Waals surface area contributed by atoms with E-state index in [1.165, 1.54) is 24.0 Å². The van der Waals surface area contributed by atoms with Crippen molar-refractivity contribution in [2.75, 3.05) is 19.8 Å². The van der Waals surface area contributed by atoms with Crippen molar-refractivity contribution < 1.29 is 9.84 Å². The van der Waals surface area contributed by atoms with E-state index in [9.17, 15) is 5.11 Å². The van der Waals surface area contributed by atoms with Crippen molar-refractivity contribution in [1.29, 1.82) is 0 Å². The van der Waals surface area contributed by atoms with Gasteiger partial charge in [-0.1, -0.05) is 28.1 Å². The average Bonchev–Trinajstić information content (AvgIpc) is 3.16. The Balaban J connectivity index is 1.61. The van der Waals surface area contributed by atoms with Crippen molar-refractivity contribution in [3.63, 3.8) is 0 Å². The van der Waals surface area contributed by atoms with Crippen LogP contribution in [0.25, 0.3) is 0 Å². The maximum atomic E-state index is 9.77. The van der Waals surface area contributed by atoms with Gasteiger partial charge in [-0.25, -0.2) is 0 Å². The molecule has 106 valence electrons. The highest BCUT2D eigenvalue weighted by molar-refractivity contribution is 9.10. The van der Waals surface area contributed by atoms with E-state index < -0.39 is 6.10 Å². The second kappa shape index (κ2) is 7.39. The lowest BCUT2D eigenvalue weighted by atomic mass is 10.1. The van der Waals surface area contributed by atoms with Gasteiger partial charge in [0.2, 0.25) is 0 Å². The molecule has 0 aromatic heterocycles. The largest absolute Gasteiger partial charge is 0.389 e. The fraction of sp³-hybridized carbons (Fsp3) is 0.600. The summed E-state index contributed by atoms with van der Waals surface area (Å²) >= 11 is 3.55. The Labute approximate surface area is 123 Å². The minimum Gasteiger partial charge on any atom is -0.389 e. The number of hydrogen-bond acceptors (Lipinski definition) is 3. The van der Waals surface area contributed by atoms with Gasteiger partial charge >= 0.3 is 0 Å². The van der Waals surface area contributed by atoms with E-state index in [1.807, 2.05) is 0 Å². The zero-order chi connectivity index (χ0) is 13.7. The van der Waals surface area contributed by atoms with Gasteiger partial charge in [-0.2, -0.15) is 0 Å². The highest BCUT2D eigenvalue weighted by atomic mass is 79.9. The van der Waals surface area contributed by atoms with E-state index in [1.54, 1.807) is 0 Å². The zero-order valence-corrected chi connectivity index (χ0v) is 12.9. The van der Waals surface area contributed by atoms with Gasteiger partial charge in [-0.05, 0) is 42.9 Å². The monoisotopic (exact) mass is 327 g/mol. The molecule has 0 radical (unpaired) electrons. The second-order valence-electron chi connectivity index (χ2n) is 5.36. The summed E-state index contributed by atoms with van der Waals surface area (Å²) in [7, 11) is 0. The molecular weight excluding hydrogens is 306 g/mol. The molecule has 0 bridgehead atoms. The minimum atomic E-state index is -0.428. The number of aryl methyl sites for hydroxylation is 1. The third-order valence-corrected chi connectivity index (χ3v) is 4.00. The number of hydrogen-bond donors (Lipinski definition) is 2. The number of nitrogens with one attached hydrogen (secondary N) is 1. The van der Waals surface area contributed by atoms with Crippen LogP contribution in [0.5, 0.6) is 0 Å². The van der Waals surface area contributed by atoms with Gasteiger partial charge in [0.1, 0.15) is 0 Å². The normalized spacial score (nSPS) is 16.6. The molecule has 1 aliphatic carbocycles. The smallest absolute Gasteiger partial charge is 0.0897 e. The molecule has 0 aliphatic heterocycles. The first-order chi connectivity index (χ1) is 9.15. The van der Waals surface area contributed by atoms with E-state index in [0.717, 1.165) is 23.5 Å². The molecule has 0 amide bonds. The van der Waals surface area contributed by atoms with Gasteiger partial charge in [0.05, 0.1) is 12.7 Å². The van der Waals surface area contributed by atoms with E-state index in [4.69, 9.17) is 4.74 Å². The van der Waals surface area contributed by atoms with E-state index in [2.05, 4.69) is 46.4 Å². The van der Waals surface area contributed by atoms with Crippen LogP contribution < -0.4 is 5.32 Å². The molecule has 0 saturated heterocycles. The zero-order valence-electron chi connectivity index (χ0n) is 11.4. The molecule has 0 heterocycles. The van der Waals surface area contributed by atoms with Crippen molar-refractivity contribution in [3.8, 4) is 0 Å². The van der Waals surface area contributed by atoms with Crippen molar-refractivity contribution in [1.82, 2.24) is 5.32 Å². The number of rotatable bonds is 8. The summed E-state index contributed by atoms with van der Waals surface area (Å²) < 4.78 is 6.57. The Kier molecular flexibility index (Phi) is 5.82. The van der Waals surface area contributed by atoms with Crippen LogP contribution in [0.3, 0.4) is 0 Å². The lowest BCUT2D eigenvalue weighted by molar-refractivity contribution is 0.0324. The number of aliphatic hydroxyl groups excluding tert-OH is 1. The number of aliphatic hydroxyl groups is 1. The Bertz CT molecular complexity index is 407. The Morgan fingerprint density at radius 3 is 2.95 bits per heavy atom. The molecule has 1 fully saturated rings. The minimum absolute atomic E-state index is 0.428. The highest BCUT2D eigenvalue weighted by Crippen LogP contribution is 2.28. The average molecular weight is 328 g/mol. The Morgan fingerprint density at radius 1 is 1.47 bits per heavy atom. The summed E-state index contributed by atoms with van der Waals surface area (Å²) in [5.74, 6) is 0.753. The standard InChI is InChI=1S/C15H22BrNO2/c1-11-2-5-13(15(16)6-11)7-17-8-14(18)10-19-9-12-3-4-12/h2,5-6,12,14,17-18H,3-4,7-10H2,1H3. The molecule has 1 aromatic carbocycles. The molecule has 0 spiro atoms. The van der Waals surface area contributed by atoms with Crippen LogP contribution in [-0.4, -0.2) is 31.0 Å². The molecular formula is C15H22BrNO2. The lowest BCUT2D eigenvalue weighted by Gasteiger charge is -2.13. The third-order valence-electron chi connectivity index (χ3n) is 3.26. The van der Waals surface area contributed by atoms with Gasteiger partial charge in [-0.3, -0.25) is 0 Å². The van der Waals surface area contributed by atoms with Crippen molar-refractivity contribution >= 4 is 15.9 Å². The van der Waals surface area contributed by atoms with Crippen molar-refractivity contribution in [2.45, 2.75) is 32.4 Å². The molecule has 1 unspecified atom stereocenters. The van der Waals surface area contributed by atoms with E-state index in [0.29, 0.717) is 13.2 Å². The molecule has 19 heavy (non-hydrogen) atoms. The van der Waals surface area contributed by atoms with Gasteiger partial charge in [0.25, 0.3) is 0 Å². The molecule has 2 N–H and O–H groups in total. The predicted molar refractivity (Wildman–Crippen MR) is 80.1 cm³/mol. The van der Waals surface area contributed by atoms with Crippen molar-refractivity contribution in [2.24, 2.45) is 5.92 Å². The molecule has 2 rings (SSSR count). The maximum absolute atomic E-state index is 9.77. The summed E-state index contributed by atoms with van der Waals surface area (Å²) in [6.07, 6.45) is 2.15. The highest BCUT2D eigenvalue weighted by Gasteiger charge is 2.21. The molecule has 1 aliphatic rings. The first-order valence-corrected chi connectivity index (χ1v) is 7.66. The van der Waals surface area contributed by atoms with Crippen molar-refractivity contribution in [3.05, 3.63) is 33.8 Å². The SMILES string of the molecule is Cc1ccc(CNCC(O)COCC2CC2)c(Br)c1. The maximum Gasteiger partial charge on any atom is 0.0897 e. The Morgan fingerprint density at radius 2 is 2.26 bits per heavy atom. The van der Waals surface area contributed by atoms with Crippen LogP contribution in [0.2, 0.25) is 0 Å². The van der Waals surface area contributed by atoms with Crippen LogP contribution in [0.15, 0.2) is 22.7 Å². The number of halogens is 1. The fourth-order valence-electron chi connectivity index (χ4n) is 1.88. The van der Waals surface area contributed by atoms with Crippen LogP contribution in [0.4, 0.5) is 0 Å². The molecule has 3 nitrogen and oxygen atoms in total. The number of ether oxygens (including phenoxy) is 1. The lowest BCUT2D eigenvalue weighted by Crippen LogP contribution is -2.30. The van der Waals surface area contributed by atoms with Gasteiger partial charge in [0, 0.05) is 24.2 Å². The van der Waals surface area contributed by atoms with E-state index >= 15 is 0 Å². The summed E-state index contributed by atoms with van der Waals surface area (Å²) in [6, 6.07) is 6.30. The van der Waals surface area contributed by atoms with Crippen LogP contribution in [0, 0.1) is 12.8 Å². The second-order valence-corrected chi connectivity index (χ2v) is 6.21. The summed E-state index contributed by atoms with van der Waals surface area (Å²) in [5, 5.41) is 13.0. The summed E-state index contributed by atoms with van der Waals surface area (Å²) in [4.78, 5) is 0. The fourth-order valence-corrected chi connectivity index (χ4v) is 2.52. The number of benzene rings is 1. The molecule has 4 heteroatoms. The topological polar surface area (TPSA) is 41.5 Å². The van der Waals surface area contributed by atoms with Crippen LogP contribution >= 0.6 is 15.9 Å². The first kappa shape index (κ1) is 15.0. The summed E-state index contributed by atoms with van der Waals surface area (Å²) in [6.45, 7) is 4.62. The van der Waals surface area contributed by atoms with Gasteiger partial charge in [0.15, 0.2) is 0 Å². The molecule has 1 saturated carbocycles. The van der Waals surface area contributed by atoms with Crippen LogP contribution in [-0.2, 0) is 11.3 Å². The summed E-state index contributed by atoms with van der Waals surface area (Å²) in [5.41, 5.74) is 2.45. The first-order valence-electron chi connectivity index (χ1n) is 6.86. The predicted octanol–water partition coefficient (Wildman–Crippen LogP) is 2.63. The quantitative estimate of drug-likeness (QED) is 0.771. The van der Waals surface area contributed by atoms with Gasteiger partial charge < -0.3 is 15.2 Å². The molecule has 1 aromatic rings. The third kappa shape index (κ3) is 5.61. The van der Waals surface area contributed by atoms with E-state index in [-0.39, 0.29) is 0 Å².